The van der Waals surface area contributed by atoms with Gasteiger partial charge in [0.15, 0.2) is 5.82 Å². The second-order valence-electron chi connectivity index (χ2n) is 10.8. The van der Waals surface area contributed by atoms with Gasteiger partial charge in [-0.2, -0.15) is 0 Å². The molecular formula is C28H33Cl2N5O5S. The van der Waals surface area contributed by atoms with Crippen LogP contribution >= 0.6 is 23.2 Å². The number of ether oxygens (including phenoxy) is 2. The third kappa shape index (κ3) is 7.79. The van der Waals surface area contributed by atoms with Crippen molar-refractivity contribution >= 4 is 55.8 Å². The lowest BCUT2D eigenvalue weighted by molar-refractivity contribution is -0.152. The monoisotopic (exact) mass is 621 g/mol. The van der Waals surface area contributed by atoms with Gasteiger partial charge in [0.25, 0.3) is 0 Å². The van der Waals surface area contributed by atoms with Crippen LogP contribution in [0.3, 0.4) is 0 Å². The fourth-order valence-corrected chi connectivity index (χ4v) is 6.70. The summed E-state index contributed by atoms with van der Waals surface area (Å²) in [5, 5.41) is 0.208. The predicted molar refractivity (Wildman–Crippen MR) is 161 cm³/mol. The van der Waals surface area contributed by atoms with E-state index in [4.69, 9.17) is 32.7 Å². The smallest absolute Gasteiger partial charge is 0.327 e. The van der Waals surface area contributed by atoms with Crippen molar-refractivity contribution < 1.29 is 22.7 Å². The maximum Gasteiger partial charge on any atom is 0.327 e. The Balaban J connectivity index is 1.65. The van der Waals surface area contributed by atoms with Crippen LogP contribution in [-0.2, 0) is 19.6 Å². The fraction of sp³-hybridized carbons (Fsp3) is 0.393. The Morgan fingerprint density at radius 3 is 2.54 bits per heavy atom. The lowest BCUT2D eigenvalue weighted by atomic mass is 10.2. The van der Waals surface area contributed by atoms with E-state index in [2.05, 4.69) is 9.97 Å². The van der Waals surface area contributed by atoms with E-state index in [1.54, 1.807) is 51.4 Å². The van der Waals surface area contributed by atoms with Crippen molar-refractivity contribution in [2.24, 2.45) is 0 Å². The molecule has 0 bridgehead atoms. The fourth-order valence-electron chi connectivity index (χ4n) is 4.19. The summed E-state index contributed by atoms with van der Waals surface area (Å²) >= 11 is 12.3. The maximum absolute atomic E-state index is 13.9. The first kappa shape index (κ1) is 30.8. The number of sulfonamides is 1. The standard InChI is InChI=1S/C28H33Cl2N5O5S/c1-28(2,3)40-27(36)18-35(41(37,38)23-14-20(29)13-21(30)15-23)22-6-7-24-19(12-22)8-9-34(24)25-16-32-26(17-31-25)39-11-10-33(4)5/h6-9,12-14,16-17,23H,10-11,15,18H2,1-5H3. The van der Waals surface area contributed by atoms with E-state index < -0.39 is 33.4 Å². The maximum atomic E-state index is 13.9. The molecule has 0 spiro atoms. The van der Waals surface area contributed by atoms with Crippen LogP contribution in [0.15, 0.2) is 65.1 Å². The van der Waals surface area contributed by atoms with E-state index >= 15 is 0 Å². The molecule has 0 saturated carbocycles. The summed E-state index contributed by atoms with van der Waals surface area (Å²) in [4.78, 5) is 23.7. The number of carbonyl (C=O) groups is 1. The van der Waals surface area contributed by atoms with Gasteiger partial charge in [0.1, 0.15) is 24.0 Å². The summed E-state index contributed by atoms with van der Waals surface area (Å²) < 4.78 is 41.7. The van der Waals surface area contributed by atoms with Gasteiger partial charge in [0, 0.05) is 34.6 Å². The summed E-state index contributed by atoms with van der Waals surface area (Å²) in [5.74, 6) is 0.299. The van der Waals surface area contributed by atoms with Crippen molar-refractivity contribution in [2.45, 2.75) is 38.0 Å². The Hall–Kier alpha value is -3.12. The molecule has 1 aromatic carbocycles. The Bertz CT molecular complexity index is 1580. The number of aromatic nitrogens is 3. The number of likely N-dealkylation sites (N-methyl/N-ethyl adjacent to an activating group) is 1. The van der Waals surface area contributed by atoms with Gasteiger partial charge < -0.3 is 14.4 Å². The number of esters is 1. The molecule has 0 fully saturated rings. The molecule has 4 rings (SSSR count). The number of allylic oxidation sites excluding steroid dienone is 3. The van der Waals surface area contributed by atoms with E-state index in [0.29, 0.717) is 29.0 Å². The average Bonchev–Trinajstić information content (AvgIpc) is 3.29. The van der Waals surface area contributed by atoms with Gasteiger partial charge in [-0.15, -0.1) is 0 Å². The van der Waals surface area contributed by atoms with Crippen LogP contribution in [0.5, 0.6) is 5.88 Å². The molecule has 41 heavy (non-hydrogen) atoms. The highest BCUT2D eigenvalue weighted by atomic mass is 35.5. The second kappa shape index (κ2) is 12.4. The minimum Gasteiger partial charge on any atom is -0.475 e. The molecule has 13 heteroatoms. The lowest BCUT2D eigenvalue weighted by Crippen LogP contribution is -2.43. The molecule has 0 radical (unpaired) electrons. The average molecular weight is 623 g/mol. The van der Waals surface area contributed by atoms with Crippen molar-refractivity contribution in [3.8, 4) is 11.7 Å². The minimum atomic E-state index is -4.13. The van der Waals surface area contributed by atoms with Crippen LogP contribution in [0.1, 0.15) is 27.2 Å². The molecule has 1 aliphatic rings. The van der Waals surface area contributed by atoms with E-state index in [9.17, 15) is 13.2 Å². The predicted octanol–water partition coefficient (Wildman–Crippen LogP) is 4.86. The highest BCUT2D eigenvalue weighted by molar-refractivity contribution is 7.93. The highest BCUT2D eigenvalue weighted by Crippen LogP contribution is 2.33. The van der Waals surface area contributed by atoms with Gasteiger partial charge in [0.05, 0.1) is 23.6 Å². The molecular weight excluding hydrogens is 589 g/mol. The molecule has 220 valence electrons. The third-order valence-corrected chi connectivity index (χ3v) is 8.55. The topological polar surface area (TPSA) is 107 Å². The molecule has 10 nitrogen and oxygen atoms in total. The van der Waals surface area contributed by atoms with Gasteiger partial charge >= 0.3 is 5.97 Å². The van der Waals surface area contributed by atoms with Gasteiger partial charge in [-0.25, -0.2) is 18.4 Å². The summed E-state index contributed by atoms with van der Waals surface area (Å²) in [7, 11) is -0.204. The number of rotatable bonds is 10. The van der Waals surface area contributed by atoms with E-state index in [-0.39, 0.29) is 11.5 Å². The molecule has 2 heterocycles. The Kier molecular flexibility index (Phi) is 9.32. The van der Waals surface area contributed by atoms with Crippen LogP contribution in [-0.4, -0.2) is 78.5 Å². The largest absolute Gasteiger partial charge is 0.475 e. The number of anilines is 1. The zero-order valence-corrected chi connectivity index (χ0v) is 25.9. The number of fused-ring (bicyclic) bond motifs is 1. The number of halogens is 2. The van der Waals surface area contributed by atoms with Gasteiger partial charge in [-0.1, -0.05) is 23.2 Å². The van der Waals surface area contributed by atoms with E-state index in [1.807, 2.05) is 35.8 Å². The first-order valence-electron chi connectivity index (χ1n) is 12.9. The molecule has 0 saturated heterocycles. The Labute approximate surface area is 250 Å². The van der Waals surface area contributed by atoms with Gasteiger partial charge in [0.2, 0.25) is 15.9 Å². The molecule has 2 aromatic heterocycles. The summed E-state index contributed by atoms with van der Waals surface area (Å²) in [5.41, 5.74) is 0.277. The van der Waals surface area contributed by atoms with E-state index in [0.717, 1.165) is 21.8 Å². The van der Waals surface area contributed by atoms with E-state index in [1.165, 1.54) is 12.2 Å². The van der Waals surface area contributed by atoms with Crippen molar-refractivity contribution in [3.05, 3.63) is 65.1 Å². The molecule has 1 unspecified atom stereocenters. The van der Waals surface area contributed by atoms with Gasteiger partial charge in [-0.05, 0) is 71.3 Å². The zero-order valence-electron chi connectivity index (χ0n) is 23.5. The third-order valence-electron chi connectivity index (χ3n) is 6.03. The molecule has 3 aromatic rings. The first-order valence-corrected chi connectivity index (χ1v) is 15.2. The Morgan fingerprint density at radius 1 is 1.15 bits per heavy atom. The van der Waals surface area contributed by atoms with Crippen molar-refractivity contribution in [2.75, 3.05) is 38.1 Å². The number of hydrogen-bond donors (Lipinski definition) is 0. The summed E-state index contributed by atoms with van der Waals surface area (Å²) in [6.45, 7) is 5.89. The molecule has 0 amide bonds. The number of carbonyl (C=O) groups excluding carboxylic acids is 1. The van der Waals surface area contributed by atoms with Gasteiger partial charge in [-0.3, -0.25) is 13.7 Å². The van der Waals surface area contributed by atoms with Crippen molar-refractivity contribution in [1.82, 2.24) is 19.4 Å². The van der Waals surface area contributed by atoms with Crippen LogP contribution in [0.2, 0.25) is 0 Å². The number of hydrogen-bond acceptors (Lipinski definition) is 8. The van der Waals surface area contributed by atoms with Crippen LogP contribution in [0.25, 0.3) is 16.7 Å². The van der Waals surface area contributed by atoms with Crippen LogP contribution < -0.4 is 9.04 Å². The lowest BCUT2D eigenvalue weighted by Gasteiger charge is -2.30. The zero-order chi connectivity index (χ0) is 29.9. The molecule has 0 aliphatic heterocycles. The summed E-state index contributed by atoms with van der Waals surface area (Å²) in [6, 6.07) is 6.93. The van der Waals surface area contributed by atoms with Crippen molar-refractivity contribution in [1.29, 1.82) is 0 Å². The second-order valence-corrected chi connectivity index (χ2v) is 13.8. The first-order chi connectivity index (χ1) is 19.2. The normalized spacial score (nSPS) is 16.0. The number of benzene rings is 1. The summed E-state index contributed by atoms with van der Waals surface area (Å²) in [6.07, 6.45) is 7.94. The molecule has 1 atom stereocenters. The Morgan fingerprint density at radius 2 is 1.90 bits per heavy atom. The van der Waals surface area contributed by atoms with Crippen molar-refractivity contribution in [3.63, 3.8) is 0 Å². The van der Waals surface area contributed by atoms with Crippen LogP contribution in [0, 0.1) is 0 Å². The number of nitrogens with zero attached hydrogens (tertiary/aromatic N) is 5. The van der Waals surface area contributed by atoms with Crippen LogP contribution in [0.4, 0.5) is 5.69 Å². The highest BCUT2D eigenvalue weighted by Gasteiger charge is 2.35. The molecule has 1 aliphatic carbocycles. The minimum absolute atomic E-state index is 0.0388. The molecule has 0 N–H and O–H groups in total. The SMILES string of the molecule is CN(C)CCOc1cnc(-n2ccc3cc(N(CC(=O)OC(C)(C)C)S(=O)(=O)C4C=C(Cl)C=C(Cl)C4)ccc32)cn1. The quantitative estimate of drug-likeness (QED) is 0.296.